The van der Waals surface area contributed by atoms with Crippen molar-refractivity contribution in [2.45, 2.75) is 0 Å². The summed E-state index contributed by atoms with van der Waals surface area (Å²) >= 11 is 0.755. The maximum atomic E-state index is 12.9. The van der Waals surface area contributed by atoms with Crippen LogP contribution in [0.3, 0.4) is 0 Å². The summed E-state index contributed by atoms with van der Waals surface area (Å²) in [6.45, 7) is 4.33. The van der Waals surface area contributed by atoms with Crippen LogP contribution in [0, 0.1) is 0 Å². The van der Waals surface area contributed by atoms with Crippen molar-refractivity contribution >= 4 is 40.6 Å². The fourth-order valence-corrected chi connectivity index (χ4v) is 4.18. The second-order valence-corrected chi connectivity index (χ2v) is 8.15. The van der Waals surface area contributed by atoms with Crippen molar-refractivity contribution in [1.82, 2.24) is 4.90 Å². The van der Waals surface area contributed by atoms with E-state index in [1.54, 1.807) is 48.6 Å². The molecule has 0 atom stereocenters. The van der Waals surface area contributed by atoms with Gasteiger partial charge in [-0.1, -0.05) is 24.8 Å². The Hall–Kier alpha value is -3.92. The summed E-state index contributed by atoms with van der Waals surface area (Å²) in [5, 5.41) is 2.14. The Labute approximate surface area is 200 Å². The average Bonchev–Trinajstić information content (AvgIpc) is 3.10. The van der Waals surface area contributed by atoms with E-state index in [0.717, 1.165) is 16.7 Å². The minimum absolute atomic E-state index is 0.175. The van der Waals surface area contributed by atoms with Gasteiger partial charge in [-0.05, 0) is 36.0 Å². The number of hydrogen-bond acceptors (Lipinski definition) is 8. The lowest BCUT2D eigenvalue weighted by atomic mass is 10.1. The minimum atomic E-state index is -0.565. The van der Waals surface area contributed by atoms with Crippen LogP contribution in [0.4, 0.5) is 10.5 Å². The SMILES string of the molecule is C=CCOc1c(/C=C2\SC(=O)N(CC(=O)Nc3ccc4c(c3)OCCO4)C2=O)cccc1OC. The van der Waals surface area contributed by atoms with Crippen LogP contribution in [0.1, 0.15) is 5.56 Å². The summed E-state index contributed by atoms with van der Waals surface area (Å²) < 4.78 is 22.0. The molecular formula is C24H22N2O7S. The van der Waals surface area contributed by atoms with Gasteiger partial charge in [-0.2, -0.15) is 0 Å². The number of rotatable bonds is 8. The number of thioether (sulfide) groups is 1. The molecule has 0 unspecified atom stereocenters. The van der Waals surface area contributed by atoms with Crippen LogP contribution >= 0.6 is 11.8 Å². The number of hydrogen-bond donors (Lipinski definition) is 1. The van der Waals surface area contributed by atoms with Crippen LogP contribution in [0.25, 0.3) is 6.08 Å². The number of carbonyl (C=O) groups excluding carboxylic acids is 3. The maximum absolute atomic E-state index is 12.9. The first-order chi connectivity index (χ1) is 16.5. The van der Waals surface area contributed by atoms with E-state index in [1.807, 2.05) is 0 Å². The summed E-state index contributed by atoms with van der Waals surface area (Å²) in [7, 11) is 1.51. The number of imide groups is 1. The molecule has 1 fully saturated rings. The van der Waals surface area contributed by atoms with Crippen molar-refractivity contribution in [2.24, 2.45) is 0 Å². The number of fused-ring (bicyclic) bond motifs is 1. The highest BCUT2D eigenvalue weighted by Crippen LogP contribution is 2.37. The lowest BCUT2D eigenvalue weighted by Crippen LogP contribution is -2.36. The molecule has 176 valence electrons. The van der Waals surface area contributed by atoms with Gasteiger partial charge >= 0.3 is 0 Å². The Balaban J connectivity index is 1.47. The van der Waals surface area contributed by atoms with Gasteiger partial charge in [0.15, 0.2) is 23.0 Å². The molecule has 2 aliphatic rings. The van der Waals surface area contributed by atoms with Gasteiger partial charge in [-0.3, -0.25) is 19.3 Å². The molecule has 0 radical (unpaired) electrons. The number of carbonyl (C=O) groups is 3. The van der Waals surface area contributed by atoms with Gasteiger partial charge in [-0.25, -0.2) is 0 Å². The Morgan fingerprint density at radius 3 is 2.76 bits per heavy atom. The van der Waals surface area contributed by atoms with E-state index in [0.29, 0.717) is 47.5 Å². The summed E-state index contributed by atoms with van der Waals surface area (Å²) in [6, 6.07) is 10.2. The minimum Gasteiger partial charge on any atom is -0.493 e. The monoisotopic (exact) mass is 482 g/mol. The Bertz CT molecular complexity index is 1180. The van der Waals surface area contributed by atoms with Gasteiger partial charge in [0, 0.05) is 17.3 Å². The molecule has 2 aliphatic heterocycles. The predicted octanol–water partition coefficient (Wildman–Crippen LogP) is 3.71. The summed E-state index contributed by atoms with van der Waals surface area (Å²) in [6.07, 6.45) is 3.13. The van der Waals surface area contributed by atoms with E-state index in [4.69, 9.17) is 18.9 Å². The van der Waals surface area contributed by atoms with Crippen LogP contribution in [0.15, 0.2) is 54.0 Å². The van der Waals surface area contributed by atoms with Gasteiger partial charge in [0.05, 0.1) is 12.0 Å². The molecule has 2 aromatic rings. The third-order valence-electron chi connectivity index (χ3n) is 4.86. The van der Waals surface area contributed by atoms with Crippen molar-refractivity contribution in [3.63, 3.8) is 0 Å². The van der Waals surface area contributed by atoms with Crippen molar-refractivity contribution in [1.29, 1.82) is 0 Å². The van der Waals surface area contributed by atoms with Gasteiger partial charge in [0.2, 0.25) is 5.91 Å². The fraction of sp³-hybridized carbons (Fsp3) is 0.208. The number of anilines is 1. The number of nitrogens with one attached hydrogen (secondary N) is 1. The molecule has 1 saturated heterocycles. The van der Waals surface area contributed by atoms with Crippen molar-refractivity contribution in [2.75, 3.05) is 38.8 Å². The van der Waals surface area contributed by atoms with Gasteiger partial charge in [0.25, 0.3) is 11.1 Å². The Morgan fingerprint density at radius 1 is 1.21 bits per heavy atom. The van der Waals surface area contributed by atoms with Crippen LogP contribution < -0.4 is 24.3 Å². The van der Waals surface area contributed by atoms with Crippen molar-refractivity contribution < 1.29 is 33.3 Å². The van der Waals surface area contributed by atoms with Gasteiger partial charge < -0.3 is 24.3 Å². The molecule has 0 saturated carbocycles. The van der Waals surface area contributed by atoms with E-state index < -0.39 is 23.6 Å². The number of nitrogens with zero attached hydrogens (tertiary/aromatic N) is 1. The number of amides is 3. The Kier molecular flexibility index (Phi) is 7.07. The first-order valence-corrected chi connectivity index (χ1v) is 11.2. The number of methoxy groups -OCH3 is 1. The second kappa shape index (κ2) is 10.3. The van der Waals surface area contributed by atoms with Gasteiger partial charge in [-0.15, -0.1) is 0 Å². The van der Waals surface area contributed by atoms with Crippen molar-refractivity contribution in [3.05, 3.63) is 59.5 Å². The number of benzene rings is 2. The quantitative estimate of drug-likeness (QED) is 0.449. The summed E-state index contributed by atoms with van der Waals surface area (Å²) in [5.74, 6) is 0.934. The molecule has 0 aliphatic carbocycles. The molecule has 2 aromatic carbocycles. The number of para-hydroxylation sites is 1. The van der Waals surface area contributed by atoms with Crippen LogP contribution in [-0.4, -0.2) is 55.4 Å². The van der Waals surface area contributed by atoms with Crippen LogP contribution in [-0.2, 0) is 9.59 Å². The lowest BCUT2D eigenvalue weighted by Gasteiger charge is -2.19. The second-order valence-electron chi connectivity index (χ2n) is 7.15. The largest absolute Gasteiger partial charge is 0.493 e. The zero-order valence-corrected chi connectivity index (χ0v) is 19.2. The van der Waals surface area contributed by atoms with Crippen molar-refractivity contribution in [3.8, 4) is 23.0 Å². The zero-order valence-electron chi connectivity index (χ0n) is 18.4. The topological polar surface area (TPSA) is 103 Å². The predicted molar refractivity (Wildman–Crippen MR) is 127 cm³/mol. The molecule has 0 aromatic heterocycles. The third-order valence-corrected chi connectivity index (χ3v) is 5.77. The molecular weight excluding hydrogens is 460 g/mol. The Morgan fingerprint density at radius 2 is 2.00 bits per heavy atom. The fourth-order valence-electron chi connectivity index (χ4n) is 3.35. The standard InChI is InChI=1S/C24H22N2O7S/c1-3-9-33-22-15(5-4-6-18(22)30-2)12-20-23(28)26(24(29)34-20)14-21(27)25-16-7-8-17-19(13-16)32-11-10-31-17/h3-8,12-13H,1,9-11,14H2,2H3,(H,25,27)/b20-12-. The molecule has 10 heteroatoms. The van der Waals surface area contributed by atoms with E-state index in [2.05, 4.69) is 11.9 Å². The average molecular weight is 483 g/mol. The normalized spacial score (nSPS) is 15.9. The summed E-state index contributed by atoms with van der Waals surface area (Å²) in [4.78, 5) is 39.0. The smallest absolute Gasteiger partial charge is 0.294 e. The molecule has 3 amide bonds. The highest BCUT2D eigenvalue weighted by molar-refractivity contribution is 8.18. The van der Waals surface area contributed by atoms with Gasteiger partial charge in [0.1, 0.15) is 26.4 Å². The van der Waals surface area contributed by atoms with E-state index in [-0.39, 0.29) is 11.5 Å². The first kappa shape index (κ1) is 23.2. The maximum Gasteiger partial charge on any atom is 0.294 e. The summed E-state index contributed by atoms with van der Waals surface area (Å²) in [5.41, 5.74) is 1.03. The molecule has 4 rings (SSSR count). The highest BCUT2D eigenvalue weighted by atomic mass is 32.2. The van der Waals surface area contributed by atoms with Crippen LogP contribution in [0.5, 0.6) is 23.0 Å². The molecule has 0 bridgehead atoms. The zero-order chi connectivity index (χ0) is 24.1. The first-order valence-electron chi connectivity index (χ1n) is 10.4. The van der Waals surface area contributed by atoms with E-state index in [9.17, 15) is 14.4 Å². The number of ether oxygens (including phenoxy) is 4. The molecule has 0 spiro atoms. The highest BCUT2D eigenvalue weighted by Gasteiger charge is 2.36. The molecule has 9 nitrogen and oxygen atoms in total. The third kappa shape index (κ3) is 5.01. The van der Waals surface area contributed by atoms with Crippen LogP contribution in [0.2, 0.25) is 0 Å². The molecule has 1 N–H and O–H groups in total. The lowest BCUT2D eigenvalue weighted by molar-refractivity contribution is -0.127. The van der Waals surface area contributed by atoms with E-state index in [1.165, 1.54) is 7.11 Å². The molecule has 2 heterocycles. The van der Waals surface area contributed by atoms with E-state index >= 15 is 0 Å². The molecule has 34 heavy (non-hydrogen) atoms.